The first-order valence-corrected chi connectivity index (χ1v) is 7.43. The quantitative estimate of drug-likeness (QED) is 0.843. The average Bonchev–Trinajstić information content (AvgIpc) is 2.47. The molecule has 0 radical (unpaired) electrons. The predicted molar refractivity (Wildman–Crippen MR) is 87.1 cm³/mol. The second kappa shape index (κ2) is 9.26. The second-order valence-corrected chi connectivity index (χ2v) is 5.25. The molecule has 1 unspecified atom stereocenters. The highest BCUT2D eigenvalue weighted by Crippen LogP contribution is 2.25. The molecule has 1 aliphatic rings. The van der Waals surface area contributed by atoms with Gasteiger partial charge in [0.15, 0.2) is 0 Å². The summed E-state index contributed by atoms with van der Waals surface area (Å²) in [5.74, 6) is 0.143. The standard InChI is InChI=1S/C15H21ClN2O2.ClH/c1-2-20-9-6-15(19)18-8-7-17-11-14(18)12-4-3-5-13(16)10-12;/h3-5,10,14,17H,2,6-9,11H2,1H3;1H. The molecule has 0 spiro atoms. The number of halogens is 2. The van der Waals surface area contributed by atoms with Crippen LogP contribution in [0.25, 0.3) is 0 Å². The van der Waals surface area contributed by atoms with Crippen LogP contribution in [0.4, 0.5) is 0 Å². The maximum atomic E-state index is 12.3. The lowest BCUT2D eigenvalue weighted by atomic mass is 10.0. The van der Waals surface area contributed by atoms with E-state index in [-0.39, 0.29) is 24.4 Å². The fraction of sp³-hybridized carbons (Fsp3) is 0.533. The van der Waals surface area contributed by atoms with Crippen molar-refractivity contribution in [3.05, 3.63) is 34.9 Å². The number of amides is 1. The monoisotopic (exact) mass is 332 g/mol. The van der Waals surface area contributed by atoms with Gasteiger partial charge >= 0.3 is 0 Å². The molecule has 1 atom stereocenters. The van der Waals surface area contributed by atoms with Gasteiger partial charge in [-0.1, -0.05) is 23.7 Å². The number of nitrogens with one attached hydrogen (secondary N) is 1. The summed E-state index contributed by atoms with van der Waals surface area (Å²) < 4.78 is 5.27. The van der Waals surface area contributed by atoms with Crippen LogP contribution in [-0.4, -0.2) is 43.7 Å². The van der Waals surface area contributed by atoms with E-state index in [1.807, 2.05) is 36.1 Å². The highest BCUT2D eigenvalue weighted by molar-refractivity contribution is 6.30. The highest BCUT2D eigenvalue weighted by Gasteiger charge is 2.27. The third-order valence-corrected chi connectivity index (χ3v) is 3.70. The Hall–Kier alpha value is -0.810. The Bertz CT molecular complexity index is 457. The van der Waals surface area contributed by atoms with Crippen molar-refractivity contribution < 1.29 is 9.53 Å². The van der Waals surface area contributed by atoms with E-state index in [0.29, 0.717) is 24.7 Å². The molecule has 0 bridgehead atoms. The normalized spacial score (nSPS) is 18.2. The Morgan fingerprint density at radius 2 is 2.33 bits per heavy atom. The van der Waals surface area contributed by atoms with E-state index in [4.69, 9.17) is 16.3 Å². The smallest absolute Gasteiger partial charge is 0.225 e. The highest BCUT2D eigenvalue weighted by atomic mass is 35.5. The summed E-state index contributed by atoms with van der Waals surface area (Å²) in [5, 5.41) is 4.04. The molecule has 0 saturated carbocycles. The lowest BCUT2D eigenvalue weighted by Gasteiger charge is -2.36. The minimum atomic E-state index is 0. The van der Waals surface area contributed by atoms with Crippen molar-refractivity contribution >= 4 is 29.9 Å². The summed E-state index contributed by atoms with van der Waals surface area (Å²) in [6.45, 7) is 5.39. The molecule has 0 aliphatic carbocycles. The minimum absolute atomic E-state index is 0. The van der Waals surface area contributed by atoms with Crippen LogP contribution in [0.2, 0.25) is 5.02 Å². The average molecular weight is 333 g/mol. The van der Waals surface area contributed by atoms with E-state index < -0.39 is 0 Å². The van der Waals surface area contributed by atoms with Gasteiger partial charge in [0.25, 0.3) is 0 Å². The van der Waals surface area contributed by atoms with Crippen LogP contribution < -0.4 is 5.32 Å². The number of carbonyl (C=O) groups is 1. The summed E-state index contributed by atoms with van der Waals surface area (Å²) in [6.07, 6.45) is 0.435. The topological polar surface area (TPSA) is 41.6 Å². The van der Waals surface area contributed by atoms with Gasteiger partial charge in [-0.3, -0.25) is 4.79 Å². The lowest BCUT2D eigenvalue weighted by molar-refractivity contribution is -0.135. The molecule has 1 saturated heterocycles. The van der Waals surface area contributed by atoms with Gasteiger partial charge in [0, 0.05) is 31.3 Å². The van der Waals surface area contributed by atoms with Crippen LogP contribution in [0, 0.1) is 0 Å². The first-order valence-electron chi connectivity index (χ1n) is 7.05. The summed E-state index contributed by atoms with van der Waals surface area (Å²) in [4.78, 5) is 14.3. The maximum Gasteiger partial charge on any atom is 0.225 e. The van der Waals surface area contributed by atoms with Crippen LogP contribution in [0.5, 0.6) is 0 Å². The van der Waals surface area contributed by atoms with E-state index in [2.05, 4.69) is 5.32 Å². The van der Waals surface area contributed by atoms with Crippen LogP contribution in [0.1, 0.15) is 24.9 Å². The van der Waals surface area contributed by atoms with Gasteiger partial charge < -0.3 is 15.0 Å². The van der Waals surface area contributed by atoms with E-state index in [1.165, 1.54) is 0 Å². The molecule has 2 rings (SSSR count). The van der Waals surface area contributed by atoms with Crippen molar-refractivity contribution in [3.8, 4) is 0 Å². The Kier molecular flexibility index (Phi) is 8.04. The van der Waals surface area contributed by atoms with Crippen molar-refractivity contribution in [1.82, 2.24) is 10.2 Å². The Morgan fingerprint density at radius 3 is 3.05 bits per heavy atom. The zero-order valence-electron chi connectivity index (χ0n) is 12.2. The molecule has 6 heteroatoms. The molecule has 21 heavy (non-hydrogen) atoms. The van der Waals surface area contributed by atoms with Crippen LogP contribution in [0.15, 0.2) is 24.3 Å². The van der Waals surface area contributed by atoms with Crippen molar-refractivity contribution in [3.63, 3.8) is 0 Å². The molecule has 118 valence electrons. The molecular weight excluding hydrogens is 311 g/mol. The summed E-state index contributed by atoms with van der Waals surface area (Å²) in [7, 11) is 0. The summed E-state index contributed by atoms with van der Waals surface area (Å²) in [6, 6.07) is 7.78. The van der Waals surface area contributed by atoms with Crippen molar-refractivity contribution in [2.45, 2.75) is 19.4 Å². The number of rotatable bonds is 5. The van der Waals surface area contributed by atoms with E-state index in [1.54, 1.807) is 0 Å². The first-order chi connectivity index (χ1) is 9.72. The first kappa shape index (κ1) is 18.2. The van der Waals surface area contributed by atoms with Gasteiger partial charge in [-0.15, -0.1) is 12.4 Å². The SMILES string of the molecule is CCOCCC(=O)N1CCNCC1c1cccc(Cl)c1.Cl. The Morgan fingerprint density at radius 1 is 1.52 bits per heavy atom. The number of hydrogen-bond donors (Lipinski definition) is 1. The third kappa shape index (κ3) is 5.15. The van der Waals surface area contributed by atoms with Gasteiger partial charge in [0.05, 0.1) is 19.1 Å². The zero-order valence-corrected chi connectivity index (χ0v) is 13.8. The molecule has 1 N–H and O–H groups in total. The number of ether oxygens (including phenoxy) is 1. The molecule has 1 aliphatic heterocycles. The van der Waals surface area contributed by atoms with Gasteiger partial charge in [-0.05, 0) is 24.6 Å². The molecule has 4 nitrogen and oxygen atoms in total. The summed E-state index contributed by atoms with van der Waals surface area (Å²) >= 11 is 6.05. The number of hydrogen-bond acceptors (Lipinski definition) is 3. The maximum absolute atomic E-state index is 12.3. The summed E-state index contributed by atoms with van der Waals surface area (Å²) in [5.41, 5.74) is 1.08. The minimum Gasteiger partial charge on any atom is -0.381 e. The van der Waals surface area contributed by atoms with Gasteiger partial charge in [-0.25, -0.2) is 0 Å². The fourth-order valence-electron chi connectivity index (χ4n) is 2.46. The van der Waals surface area contributed by atoms with E-state index in [0.717, 1.165) is 25.2 Å². The zero-order chi connectivity index (χ0) is 14.4. The van der Waals surface area contributed by atoms with Crippen molar-refractivity contribution in [2.75, 3.05) is 32.8 Å². The van der Waals surface area contributed by atoms with Crippen molar-refractivity contribution in [1.29, 1.82) is 0 Å². The van der Waals surface area contributed by atoms with Crippen LogP contribution in [0.3, 0.4) is 0 Å². The number of benzene rings is 1. The van der Waals surface area contributed by atoms with Gasteiger partial charge in [0.1, 0.15) is 0 Å². The van der Waals surface area contributed by atoms with Crippen LogP contribution >= 0.6 is 24.0 Å². The lowest BCUT2D eigenvalue weighted by Crippen LogP contribution is -2.48. The fourth-order valence-corrected chi connectivity index (χ4v) is 2.66. The molecule has 1 amide bonds. The molecule has 0 aromatic heterocycles. The molecular formula is C15H22Cl2N2O2. The number of piperazine rings is 1. The van der Waals surface area contributed by atoms with Gasteiger partial charge in [0.2, 0.25) is 5.91 Å². The molecule has 1 heterocycles. The molecule has 1 fully saturated rings. The third-order valence-electron chi connectivity index (χ3n) is 3.46. The largest absolute Gasteiger partial charge is 0.381 e. The van der Waals surface area contributed by atoms with Crippen LogP contribution in [-0.2, 0) is 9.53 Å². The number of nitrogens with zero attached hydrogens (tertiary/aromatic N) is 1. The van der Waals surface area contributed by atoms with Crippen molar-refractivity contribution in [2.24, 2.45) is 0 Å². The van der Waals surface area contributed by atoms with E-state index in [9.17, 15) is 4.79 Å². The second-order valence-electron chi connectivity index (χ2n) is 4.81. The number of carbonyl (C=O) groups excluding carboxylic acids is 1. The molecule has 1 aromatic rings. The predicted octanol–water partition coefficient (Wildman–Crippen LogP) is 2.66. The van der Waals surface area contributed by atoms with E-state index >= 15 is 0 Å². The van der Waals surface area contributed by atoms with Gasteiger partial charge in [-0.2, -0.15) is 0 Å². The Balaban J connectivity index is 0.00000220. The molecule has 1 aromatic carbocycles. The Labute approximate surface area is 137 Å².